The zero-order valence-corrected chi connectivity index (χ0v) is 73.1. The summed E-state index contributed by atoms with van der Waals surface area (Å²) >= 11 is 0. The van der Waals surface area contributed by atoms with Gasteiger partial charge in [-0.1, -0.05) is 421 Å². The van der Waals surface area contributed by atoms with Crippen molar-refractivity contribution >= 4 is 39.5 Å². The summed E-state index contributed by atoms with van der Waals surface area (Å²) in [5.41, 5.74) is 0. The van der Waals surface area contributed by atoms with E-state index in [1.54, 1.807) is 0 Å². The molecule has 17 nitrogen and oxygen atoms in total. The molecule has 3 N–H and O–H groups in total. The zero-order chi connectivity index (χ0) is 79.3. The summed E-state index contributed by atoms with van der Waals surface area (Å²) in [5, 5.41) is 10.7. The molecule has 4 unspecified atom stereocenters. The highest BCUT2D eigenvalue weighted by molar-refractivity contribution is 7.47. The molecule has 0 aliphatic rings. The standard InChI is InChI=1S/C89H174O17P2/c1-8-11-12-13-14-15-16-17-18-19-20-21-22-25-32-37-42-51-58-65-72-88(93)105-84(76-99-86(91)70-63-56-49-41-36-31-26-23-24-29-34-39-46-53-60-67-80(4)5)78-103-107(95,96)101-74-83(90)75-102-108(97,98)104-79-85(77-100-87(92)71-64-57-50-45-44-48-55-62-69-82(7)10-3)106-89(94)73-66-59-52-43-38-33-28-27-30-35-40-47-54-61-68-81(6)9-2/h80-85,90H,8-79H2,1-7H3,(H,95,96)(H,97,98)/t81?,82?,83-,84-,85-/m1/s1. The predicted octanol–water partition coefficient (Wildman–Crippen LogP) is 27.3. The Morgan fingerprint density at radius 3 is 0.704 bits per heavy atom. The molecule has 0 aliphatic heterocycles. The topological polar surface area (TPSA) is 237 Å². The molecule has 0 spiro atoms. The molecule has 0 rings (SSSR count). The second kappa shape index (κ2) is 78.9. The van der Waals surface area contributed by atoms with Gasteiger partial charge in [0.05, 0.1) is 26.4 Å². The van der Waals surface area contributed by atoms with Gasteiger partial charge in [0.1, 0.15) is 19.3 Å². The summed E-state index contributed by atoms with van der Waals surface area (Å²) in [6.45, 7) is 12.1. The Morgan fingerprint density at radius 1 is 0.269 bits per heavy atom. The van der Waals surface area contributed by atoms with Crippen LogP contribution >= 0.6 is 15.6 Å². The van der Waals surface area contributed by atoms with E-state index in [0.717, 1.165) is 108 Å². The molecule has 0 heterocycles. The molecule has 0 aliphatic carbocycles. The van der Waals surface area contributed by atoms with Gasteiger partial charge < -0.3 is 33.8 Å². The maximum absolute atomic E-state index is 13.2. The molecule has 0 fully saturated rings. The fourth-order valence-corrected chi connectivity index (χ4v) is 15.4. The Morgan fingerprint density at radius 2 is 0.472 bits per heavy atom. The lowest BCUT2D eigenvalue weighted by atomic mass is 9.99. The van der Waals surface area contributed by atoms with Crippen LogP contribution in [-0.2, 0) is 65.4 Å². The highest BCUT2D eigenvalue weighted by Gasteiger charge is 2.31. The third-order valence-electron chi connectivity index (χ3n) is 21.6. The van der Waals surface area contributed by atoms with Crippen LogP contribution in [0.1, 0.15) is 472 Å². The maximum Gasteiger partial charge on any atom is 0.472 e. The lowest BCUT2D eigenvalue weighted by Crippen LogP contribution is -2.30. The number of hydrogen-bond acceptors (Lipinski definition) is 15. The summed E-state index contributed by atoms with van der Waals surface area (Å²) in [7, 11) is -9.94. The Kier molecular flexibility index (Phi) is 77.5. The van der Waals surface area contributed by atoms with Crippen LogP contribution in [0.2, 0.25) is 0 Å². The van der Waals surface area contributed by atoms with Crippen molar-refractivity contribution in [2.45, 2.75) is 491 Å². The first-order valence-corrected chi connectivity index (χ1v) is 48.9. The third kappa shape index (κ3) is 79.3. The van der Waals surface area contributed by atoms with Gasteiger partial charge in [0.2, 0.25) is 0 Å². The molecule has 642 valence electrons. The molecule has 0 aromatic carbocycles. The van der Waals surface area contributed by atoms with Crippen molar-refractivity contribution in [3.63, 3.8) is 0 Å². The first-order chi connectivity index (χ1) is 52.3. The van der Waals surface area contributed by atoms with Crippen LogP contribution in [0.4, 0.5) is 0 Å². The van der Waals surface area contributed by atoms with Gasteiger partial charge in [-0.3, -0.25) is 37.3 Å². The molecule has 0 radical (unpaired) electrons. The van der Waals surface area contributed by atoms with Crippen molar-refractivity contribution in [3.05, 3.63) is 0 Å². The summed E-state index contributed by atoms with van der Waals surface area (Å²) in [6.07, 6.45) is 70.7. The number of esters is 4. The highest BCUT2D eigenvalue weighted by Crippen LogP contribution is 2.45. The minimum absolute atomic E-state index is 0.107. The third-order valence-corrected chi connectivity index (χ3v) is 23.5. The minimum atomic E-state index is -4.97. The molecule has 0 aromatic rings. The number of rotatable bonds is 87. The lowest BCUT2D eigenvalue weighted by molar-refractivity contribution is -0.161. The molecule has 0 bridgehead atoms. The minimum Gasteiger partial charge on any atom is -0.462 e. The van der Waals surface area contributed by atoms with Gasteiger partial charge in [0.15, 0.2) is 12.2 Å². The average molecular weight is 1580 g/mol. The van der Waals surface area contributed by atoms with E-state index in [9.17, 15) is 43.2 Å². The molecule has 0 aromatic heterocycles. The van der Waals surface area contributed by atoms with Crippen LogP contribution in [0.5, 0.6) is 0 Å². The number of carbonyl (C=O) groups excluding carboxylic acids is 4. The number of phosphoric acid groups is 2. The highest BCUT2D eigenvalue weighted by atomic mass is 31.2. The summed E-state index contributed by atoms with van der Waals surface area (Å²) in [4.78, 5) is 73.4. The van der Waals surface area contributed by atoms with E-state index in [2.05, 4.69) is 48.5 Å². The smallest absolute Gasteiger partial charge is 0.462 e. The van der Waals surface area contributed by atoms with Crippen molar-refractivity contribution in [1.29, 1.82) is 0 Å². The van der Waals surface area contributed by atoms with Crippen LogP contribution in [0.25, 0.3) is 0 Å². The number of aliphatic hydroxyl groups excluding tert-OH is 1. The van der Waals surface area contributed by atoms with E-state index in [1.807, 2.05) is 0 Å². The predicted molar refractivity (Wildman–Crippen MR) is 446 cm³/mol. The van der Waals surface area contributed by atoms with Crippen molar-refractivity contribution < 1.29 is 80.2 Å². The molecule has 19 heteroatoms. The molecule has 0 saturated heterocycles. The number of unbranched alkanes of at least 4 members (excludes halogenated alkanes) is 53. The van der Waals surface area contributed by atoms with E-state index >= 15 is 0 Å². The molecule has 0 amide bonds. The SMILES string of the molecule is CCCCCCCCCCCCCCCCCCCCCCC(=O)O[C@H](COC(=O)CCCCCCCCCCCCCCCCCC(C)C)COP(=O)(O)OC[C@@H](O)COP(=O)(O)OC[C@@H](COC(=O)CCCCCCCCCCC(C)CC)OC(=O)CCCCCCCCCCCCCCCCC(C)CC. The van der Waals surface area contributed by atoms with Gasteiger partial charge in [0.25, 0.3) is 0 Å². The maximum atomic E-state index is 13.2. The second-order valence-corrected chi connectivity index (χ2v) is 35.9. The Bertz CT molecular complexity index is 2080. The second-order valence-electron chi connectivity index (χ2n) is 32.9. The first-order valence-electron chi connectivity index (χ1n) is 45.9. The van der Waals surface area contributed by atoms with Gasteiger partial charge in [-0.2, -0.15) is 0 Å². The molecule has 108 heavy (non-hydrogen) atoms. The van der Waals surface area contributed by atoms with Crippen molar-refractivity contribution in [2.24, 2.45) is 17.8 Å². The fraction of sp³-hybridized carbons (Fsp3) is 0.955. The Balaban J connectivity index is 5.26. The molecular weight excluding hydrogens is 1400 g/mol. The summed E-state index contributed by atoms with van der Waals surface area (Å²) in [5.74, 6) is 0.329. The lowest BCUT2D eigenvalue weighted by Gasteiger charge is -2.21. The van der Waals surface area contributed by atoms with Gasteiger partial charge >= 0.3 is 39.5 Å². The number of phosphoric ester groups is 2. The fourth-order valence-electron chi connectivity index (χ4n) is 13.8. The van der Waals surface area contributed by atoms with Gasteiger partial charge in [-0.15, -0.1) is 0 Å². The van der Waals surface area contributed by atoms with E-state index in [-0.39, 0.29) is 25.7 Å². The Hall–Kier alpha value is -1.94. The van der Waals surface area contributed by atoms with Crippen molar-refractivity contribution in [3.8, 4) is 0 Å². The first kappa shape index (κ1) is 106. The largest absolute Gasteiger partial charge is 0.472 e. The number of aliphatic hydroxyl groups is 1. The van der Waals surface area contributed by atoms with Crippen LogP contribution in [-0.4, -0.2) is 96.7 Å². The monoisotopic (exact) mass is 1580 g/mol. The van der Waals surface area contributed by atoms with Gasteiger partial charge in [-0.05, 0) is 43.4 Å². The normalized spacial score (nSPS) is 14.3. The van der Waals surface area contributed by atoms with Crippen molar-refractivity contribution in [1.82, 2.24) is 0 Å². The Labute approximate surface area is 664 Å². The summed E-state index contributed by atoms with van der Waals surface area (Å²) in [6, 6.07) is 0. The van der Waals surface area contributed by atoms with Crippen LogP contribution in [0.15, 0.2) is 0 Å². The van der Waals surface area contributed by atoms with E-state index in [0.29, 0.717) is 25.7 Å². The average Bonchev–Trinajstić information content (AvgIpc) is 0.878. The van der Waals surface area contributed by atoms with Crippen LogP contribution < -0.4 is 0 Å². The molecule has 0 saturated carbocycles. The summed E-state index contributed by atoms with van der Waals surface area (Å²) < 4.78 is 69.0. The quantitative estimate of drug-likeness (QED) is 0.0222. The van der Waals surface area contributed by atoms with E-state index in [1.165, 1.54) is 283 Å². The van der Waals surface area contributed by atoms with Crippen LogP contribution in [0.3, 0.4) is 0 Å². The van der Waals surface area contributed by atoms with E-state index in [4.69, 9.17) is 37.0 Å². The zero-order valence-electron chi connectivity index (χ0n) is 71.3. The van der Waals surface area contributed by atoms with Gasteiger partial charge in [0, 0.05) is 25.7 Å². The van der Waals surface area contributed by atoms with E-state index < -0.39 is 97.5 Å². The molecule has 7 atom stereocenters. The van der Waals surface area contributed by atoms with Gasteiger partial charge in [-0.25, -0.2) is 9.13 Å². The molecular formula is C89H174O17P2. The van der Waals surface area contributed by atoms with Crippen LogP contribution in [0, 0.1) is 17.8 Å². The number of carbonyl (C=O) groups is 4. The van der Waals surface area contributed by atoms with Crippen molar-refractivity contribution in [2.75, 3.05) is 39.6 Å². The number of hydrogen-bond donors (Lipinski definition) is 3. The number of ether oxygens (including phenoxy) is 4.